The second-order valence-electron chi connectivity index (χ2n) is 10.00. The Balaban J connectivity index is 1.56. The lowest BCUT2D eigenvalue weighted by Crippen LogP contribution is -2.38. The van der Waals surface area contributed by atoms with Gasteiger partial charge in [0.1, 0.15) is 6.10 Å². The number of benzene rings is 2. The summed E-state index contributed by atoms with van der Waals surface area (Å²) in [7, 11) is 2.22. The maximum absolute atomic E-state index is 12.9. The van der Waals surface area contributed by atoms with Crippen molar-refractivity contribution in [2.75, 3.05) is 18.9 Å². The van der Waals surface area contributed by atoms with Crippen molar-refractivity contribution >= 4 is 17.7 Å². The quantitative estimate of drug-likeness (QED) is 0.290. The van der Waals surface area contributed by atoms with Crippen LogP contribution in [-0.4, -0.2) is 47.8 Å². The van der Waals surface area contributed by atoms with E-state index < -0.39 is 12.1 Å². The molecule has 6 heteroatoms. The second-order valence-corrected chi connectivity index (χ2v) is 10.00. The van der Waals surface area contributed by atoms with Crippen LogP contribution in [0, 0.1) is 0 Å². The number of carboxylic acids is 1. The Kier molecular flexibility index (Phi) is 11.3. The van der Waals surface area contributed by atoms with E-state index in [1.165, 1.54) is 25.7 Å². The summed E-state index contributed by atoms with van der Waals surface area (Å²) in [5.41, 5.74) is 3.61. The lowest BCUT2D eigenvalue weighted by molar-refractivity contribution is -0.137. The number of rotatable bonds is 13. The lowest BCUT2D eigenvalue weighted by Gasteiger charge is -2.34. The molecule has 3 rings (SSSR count). The summed E-state index contributed by atoms with van der Waals surface area (Å²) >= 11 is 0. The van der Waals surface area contributed by atoms with Crippen molar-refractivity contribution < 1.29 is 19.4 Å². The van der Waals surface area contributed by atoms with Gasteiger partial charge in [-0.1, -0.05) is 68.7 Å². The first-order chi connectivity index (χ1) is 17.5. The predicted octanol–water partition coefficient (Wildman–Crippen LogP) is 7.13. The number of carbonyl (C=O) groups is 2. The van der Waals surface area contributed by atoms with E-state index in [0.717, 1.165) is 48.9 Å². The van der Waals surface area contributed by atoms with Crippen LogP contribution in [0.5, 0.6) is 0 Å². The van der Waals surface area contributed by atoms with Gasteiger partial charge in [0.15, 0.2) is 0 Å². The van der Waals surface area contributed by atoms with Crippen LogP contribution in [-0.2, 0) is 16.0 Å². The average Bonchev–Trinajstić information content (AvgIpc) is 2.87. The van der Waals surface area contributed by atoms with Gasteiger partial charge in [0.05, 0.1) is 5.69 Å². The van der Waals surface area contributed by atoms with Crippen molar-refractivity contribution in [2.24, 2.45) is 0 Å². The molecule has 0 aromatic heterocycles. The van der Waals surface area contributed by atoms with Gasteiger partial charge in [0.2, 0.25) is 0 Å². The largest absolute Gasteiger partial charge is 0.481 e. The third-order valence-electron chi connectivity index (χ3n) is 7.17. The third kappa shape index (κ3) is 8.98. The topological polar surface area (TPSA) is 78.9 Å². The molecule has 0 spiro atoms. The molecule has 1 fully saturated rings. The molecule has 1 saturated carbocycles. The molecular formula is C30H42N2O4. The number of nitrogens with zero attached hydrogens (tertiary/aromatic N) is 1. The molecule has 2 aromatic carbocycles. The molecule has 0 bridgehead atoms. The Bertz CT molecular complexity index is 955. The Labute approximate surface area is 216 Å². The molecule has 0 atom stereocenters. The number of aryl methyl sites for hydroxylation is 1. The Morgan fingerprint density at radius 3 is 2.44 bits per heavy atom. The minimum atomic E-state index is -0.796. The van der Waals surface area contributed by atoms with Gasteiger partial charge < -0.3 is 14.7 Å². The maximum Gasteiger partial charge on any atom is 0.411 e. The molecule has 1 aliphatic rings. The zero-order valence-electron chi connectivity index (χ0n) is 21.9. The van der Waals surface area contributed by atoms with E-state index in [1.54, 1.807) is 0 Å². The van der Waals surface area contributed by atoms with Gasteiger partial charge in [0.25, 0.3) is 0 Å². The normalized spacial score (nSPS) is 17.6. The van der Waals surface area contributed by atoms with E-state index in [4.69, 9.17) is 9.84 Å². The molecule has 2 aromatic rings. The standard InChI is InChI=1S/C30H42N2O4/c1-3-4-5-9-21-32(2)25-16-18-26(19-17-25)36-30(35)31-28-22-23(11-10-14-29(33)34)15-20-27(28)24-12-7-6-8-13-24/h6-8,12-13,15,20,22,25-26H,3-5,9-11,14,16-19,21H2,1-2H3,(H,31,35)(H,33,34). The van der Waals surface area contributed by atoms with E-state index in [9.17, 15) is 9.59 Å². The molecule has 0 radical (unpaired) electrons. The Morgan fingerprint density at radius 2 is 1.75 bits per heavy atom. The number of hydrogen-bond acceptors (Lipinski definition) is 4. The molecule has 0 unspecified atom stereocenters. The summed E-state index contributed by atoms with van der Waals surface area (Å²) < 4.78 is 5.83. The van der Waals surface area contributed by atoms with Crippen molar-refractivity contribution in [1.82, 2.24) is 4.90 Å². The fourth-order valence-electron chi connectivity index (χ4n) is 5.03. The minimum Gasteiger partial charge on any atom is -0.481 e. The van der Waals surface area contributed by atoms with Crippen molar-refractivity contribution in [3.8, 4) is 11.1 Å². The molecule has 6 nitrogen and oxygen atoms in total. The molecule has 2 N–H and O–H groups in total. The van der Waals surface area contributed by atoms with Crippen LogP contribution in [0.25, 0.3) is 11.1 Å². The number of anilines is 1. The van der Waals surface area contributed by atoms with E-state index >= 15 is 0 Å². The molecular weight excluding hydrogens is 452 g/mol. The number of unbranched alkanes of at least 4 members (excludes halogenated alkanes) is 3. The first-order valence-corrected chi connectivity index (χ1v) is 13.5. The molecule has 0 aliphatic heterocycles. The second kappa shape index (κ2) is 14.6. The highest BCUT2D eigenvalue weighted by molar-refractivity contribution is 5.91. The van der Waals surface area contributed by atoms with Crippen LogP contribution >= 0.6 is 0 Å². The highest BCUT2D eigenvalue weighted by Gasteiger charge is 2.26. The zero-order valence-corrected chi connectivity index (χ0v) is 21.9. The number of nitrogens with one attached hydrogen (secondary N) is 1. The minimum absolute atomic E-state index is 0.0614. The monoisotopic (exact) mass is 494 g/mol. The number of aliphatic carboxylic acids is 1. The van der Waals surface area contributed by atoms with Crippen molar-refractivity contribution in [3.05, 3.63) is 54.1 Å². The SMILES string of the molecule is CCCCCCN(C)C1CCC(OC(=O)Nc2cc(CCCC(=O)O)ccc2-c2ccccc2)CC1. The first kappa shape index (κ1) is 27.7. The molecule has 0 saturated heterocycles. The molecule has 36 heavy (non-hydrogen) atoms. The Hall–Kier alpha value is -2.86. The van der Waals surface area contributed by atoms with Crippen LogP contribution in [0.1, 0.15) is 76.7 Å². The van der Waals surface area contributed by atoms with Gasteiger partial charge in [-0.05, 0) is 75.7 Å². The lowest BCUT2D eigenvalue weighted by atomic mass is 9.92. The van der Waals surface area contributed by atoms with Gasteiger partial charge in [-0.3, -0.25) is 10.1 Å². The van der Waals surface area contributed by atoms with Crippen LogP contribution in [0.3, 0.4) is 0 Å². The summed E-state index contributed by atoms with van der Waals surface area (Å²) in [6.07, 6.45) is 9.83. The highest BCUT2D eigenvalue weighted by atomic mass is 16.6. The van der Waals surface area contributed by atoms with Crippen molar-refractivity contribution in [2.45, 2.75) is 89.7 Å². The summed E-state index contributed by atoms with van der Waals surface area (Å²) in [5, 5.41) is 11.9. The smallest absolute Gasteiger partial charge is 0.411 e. The molecule has 1 aliphatic carbocycles. The van der Waals surface area contributed by atoms with E-state index in [2.05, 4.69) is 24.2 Å². The summed E-state index contributed by atoms with van der Waals surface area (Å²) in [4.78, 5) is 26.2. The molecule has 0 heterocycles. The average molecular weight is 495 g/mol. The summed E-state index contributed by atoms with van der Waals surface area (Å²) in [6, 6.07) is 16.4. The van der Waals surface area contributed by atoms with Crippen LogP contribution < -0.4 is 5.32 Å². The predicted molar refractivity (Wildman–Crippen MR) is 145 cm³/mol. The number of hydrogen-bond donors (Lipinski definition) is 2. The third-order valence-corrected chi connectivity index (χ3v) is 7.17. The first-order valence-electron chi connectivity index (χ1n) is 13.5. The van der Waals surface area contributed by atoms with E-state index in [0.29, 0.717) is 24.6 Å². The maximum atomic E-state index is 12.9. The summed E-state index contributed by atoms with van der Waals surface area (Å²) in [6.45, 7) is 3.38. The number of amides is 1. The van der Waals surface area contributed by atoms with Crippen molar-refractivity contribution in [1.29, 1.82) is 0 Å². The fraction of sp³-hybridized carbons (Fsp3) is 0.533. The van der Waals surface area contributed by atoms with Crippen LogP contribution in [0.2, 0.25) is 0 Å². The van der Waals surface area contributed by atoms with Gasteiger partial charge in [-0.2, -0.15) is 0 Å². The molecule has 1 amide bonds. The van der Waals surface area contributed by atoms with Gasteiger partial charge >= 0.3 is 12.1 Å². The number of carboxylic acid groups (broad SMARTS) is 1. The van der Waals surface area contributed by atoms with Gasteiger partial charge in [-0.25, -0.2) is 4.79 Å². The van der Waals surface area contributed by atoms with Crippen molar-refractivity contribution in [3.63, 3.8) is 0 Å². The highest BCUT2D eigenvalue weighted by Crippen LogP contribution is 2.31. The Morgan fingerprint density at radius 1 is 1.00 bits per heavy atom. The van der Waals surface area contributed by atoms with Gasteiger partial charge in [0, 0.05) is 18.0 Å². The molecule has 196 valence electrons. The van der Waals surface area contributed by atoms with Crippen LogP contribution in [0.15, 0.2) is 48.5 Å². The number of ether oxygens (including phenoxy) is 1. The number of carbonyl (C=O) groups excluding carboxylic acids is 1. The van der Waals surface area contributed by atoms with Crippen LogP contribution in [0.4, 0.5) is 10.5 Å². The van der Waals surface area contributed by atoms with Gasteiger partial charge in [-0.15, -0.1) is 0 Å². The van der Waals surface area contributed by atoms with E-state index in [-0.39, 0.29) is 12.5 Å². The zero-order chi connectivity index (χ0) is 25.8. The summed E-state index contributed by atoms with van der Waals surface area (Å²) in [5.74, 6) is -0.796. The fourth-order valence-corrected chi connectivity index (χ4v) is 5.03. The van der Waals surface area contributed by atoms with E-state index in [1.807, 2.05) is 48.5 Å².